The average molecular weight is 293 g/mol. The van der Waals surface area contributed by atoms with Gasteiger partial charge in [0.05, 0.1) is 26.2 Å². The minimum absolute atomic E-state index is 0.108. The van der Waals surface area contributed by atoms with E-state index in [4.69, 9.17) is 14.6 Å². The third kappa shape index (κ3) is 4.27. The van der Waals surface area contributed by atoms with Gasteiger partial charge in [-0.15, -0.1) is 0 Å². The van der Waals surface area contributed by atoms with Crippen molar-refractivity contribution in [2.24, 2.45) is 0 Å². The molecule has 6 nitrogen and oxygen atoms in total. The van der Waals surface area contributed by atoms with Gasteiger partial charge in [0.15, 0.2) is 6.10 Å². The summed E-state index contributed by atoms with van der Waals surface area (Å²) >= 11 is 0. The van der Waals surface area contributed by atoms with Gasteiger partial charge in [0.1, 0.15) is 0 Å². The van der Waals surface area contributed by atoms with Crippen LogP contribution in [0, 0.1) is 6.92 Å². The molecule has 1 atom stereocenters. The minimum atomic E-state index is -0.944. The Balaban J connectivity index is 2.15. The predicted octanol–water partition coefficient (Wildman–Crippen LogP) is 1.22. The van der Waals surface area contributed by atoms with Gasteiger partial charge in [-0.2, -0.15) is 0 Å². The molecule has 0 saturated carbocycles. The van der Waals surface area contributed by atoms with Crippen LogP contribution in [0.3, 0.4) is 0 Å². The zero-order valence-corrected chi connectivity index (χ0v) is 11.9. The Morgan fingerprint density at radius 2 is 2.00 bits per heavy atom. The van der Waals surface area contributed by atoms with Crippen molar-refractivity contribution in [3.05, 3.63) is 29.8 Å². The molecular weight excluding hydrogens is 274 g/mol. The Morgan fingerprint density at radius 3 is 2.57 bits per heavy atom. The van der Waals surface area contributed by atoms with Crippen LogP contribution in [0.5, 0.6) is 0 Å². The minimum Gasteiger partial charge on any atom is -0.481 e. The van der Waals surface area contributed by atoms with Gasteiger partial charge in [-0.25, -0.2) is 0 Å². The summed E-state index contributed by atoms with van der Waals surface area (Å²) in [5.74, 6) is -1.21. The summed E-state index contributed by atoms with van der Waals surface area (Å²) < 4.78 is 10.7. The van der Waals surface area contributed by atoms with Crippen LogP contribution >= 0.6 is 0 Å². The monoisotopic (exact) mass is 293 g/mol. The van der Waals surface area contributed by atoms with Crippen LogP contribution in [0.15, 0.2) is 24.3 Å². The van der Waals surface area contributed by atoms with Crippen LogP contribution in [0.4, 0.5) is 5.69 Å². The number of carboxylic acids is 1. The van der Waals surface area contributed by atoms with Crippen LogP contribution in [0.25, 0.3) is 0 Å². The number of benzene rings is 1. The molecule has 1 aliphatic heterocycles. The second-order valence-electron chi connectivity index (χ2n) is 4.90. The number of nitrogens with zero attached hydrogens (tertiary/aromatic N) is 1. The molecule has 2 rings (SSSR count). The number of aryl methyl sites for hydroxylation is 1. The Labute approximate surface area is 123 Å². The quantitative estimate of drug-likeness (QED) is 0.883. The SMILES string of the molecule is Cc1ccc(N(CCC(=O)O)C(=O)C2COCCO2)cc1. The Kier molecular flexibility index (Phi) is 5.30. The van der Waals surface area contributed by atoms with E-state index in [2.05, 4.69) is 0 Å². The number of anilines is 1. The van der Waals surface area contributed by atoms with E-state index in [1.807, 2.05) is 19.1 Å². The number of hydrogen-bond donors (Lipinski definition) is 1. The van der Waals surface area contributed by atoms with Crippen LogP contribution in [0.1, 0.15) is 12.0 Å². The highest BCUT2D eigenvalue weighted by molar-refractivity contribution is 5.97. The molecule has 1 saturated heterocycles. The van der Waals surface area contributed by atoms with Crippen molar-refractivity contribution in [3.8, 4) is 0 Å². The molecule has 1 heterocycles. The van der Waals surface area contributed by atoms with Gasteiger partial charge >= 0.3 is 5.97 Å². The second-order valence-corrected chi connectivity index (χ2v) is 4.90. The summed E-state index contributed by atoms with van der Waals surface area (Å²) in [4.78, 5) is 24.8. The fourth-order valence-corrected chi connectivity index (χ4v) is 2.10. The Bertz CT molecular complexity index is 493. The van der Waals surface area contributed by atoms with Crippen LogP contribution in [-0.4, -0.2) is 49.5 Å². The van der Waals surface area contributed by atoms with Gasteiger partial charge in [0.2, 0.25) is 0 Å². The fraction of sp³-hybridized carbons (Fsp3) is 0.467. The molecule has 6 heteroatoms. The topological polar surface area (TPSA) is 76.1 Å². The van der Waals surface area contributed by atoms with Crippen LogP contribution in [0.2, 0.25) is 0 Å². The van der Waals surface area contributed by atoms with Gasteiger partial charge in [-0.3, -0.25) is 9.59 Å². The lowest BCUT2D eigenvalue weighted by molar-refractivity contribution is -0.145. The number of carbonyl (C=O) groups is 2. The first kappa shape index (κ1) is 15.5. The van der Waals surface area contributed by atoms with Crippen molar-refractivity contribution in [1.82, 2.24) is 0 Å². The molecule has 1 aromatic carbocycles. The summed E-state index contributed by atoms with van der Waals surface area (Å²) in [6.07, 6.45) is -0.790. The van der Waals surface area contributed by atoms with Crippen molar-refractivity contribution < 1.29 is 24.2 Å². The normalized spacial score (nSPS) is 18.2. The molecule has 1 unspecified atom stereocenters. The molecule has 1 aliphatic rings. The van der Waals surface area contributed by atoms with Gasteiger partial charge in [-0.1, -0.05) is 17.7 Å². The number of ether oxygens (including phenoxy) is 2. The molecule has 0 aliphatic carbocycles. The van der Waals surface area contributed by atoms with Crippen molar-refractivity contribution >= 4 is 17.6 Å². The largest absolute Gasteiger partial charge is 0.481 e. The lowest BCUT2D eigenvalue weighted by atomic mass is 10.2. The molecule has 0 spiro atoms. The van der Waals surface area contributed by atoms with Crippen LogP contribution < -0.4 is 4.90 Å². The molecule has 0 bridgehead atoms. The van der Waals surface area contributed by atoms with E-state index in [1.54, 1.807) is 12.1 Å². The van der Waals surface area contributed by atoms with Gasteiger partial charge in [-0.05, 0) is 19.1 Å². The maximum Gasteiger partial charge on any atom is 0.305 e. The number of hydrogen-bond acceptors (Lipinski definition) is 4. The van der Waals surface area contributed by atoms with E-state index in [0.29, 0.717) is 18.9 Å². The maximum atomic E-state index is 12.5. The number of carbonyl (C=O) groups excluding carboxylic acids is 1. The predicted molar refractivity (Wildman–Crippen MR) is 76.3 cm³/mol. The van der Waals surface area contributed by atoms with Crippen molar-refractivity contribution in [2.75, 3.05) is 31.3 Å². The molecule has 1 fully saturated rings. The van der Waals surface area contributed by atoms with Crippen molar-refractivity contribution in [3.63, 3.8) is 0 Å². The number of aliphatic carboxylic acids is 1. The summed E-state index contributed by atoms with van der Waals surface area (Å²) in [5, 5.41) is 8.85. The zero-order chi connectivity index (χ0) is 15.2. The molecule has 21 heavy (non-hydrogen) atoms. The highest BCUT2D eigenvalue weighted by atomic mass is 16.6. The number of amides is 1. The lowest BCUT2D eigenvalue weighted by Crippen LogP contribution is -2.46. The summed E-state index contributed by atoms with van der Waals surface area (Å²) in [6.45, 7) is 3.11. The second kappa shape index (κ2) is 7.19. The maximum absolute atomic E-state index is 12.5. The van der Waals surface area contributed by atoms with E-state index < -0.39 is 12.1 Å². The van der Waals surface area contributed by atoms with Crippen molar-refractivity contribution in [2.45, 2.75) is 19.4 Å². The highest BCUT2D eigenvalue weighted by Gasteiger charge is 2.28. The van der Waals surface area contributed by atoms with Crippen LogP contribution in [-0.2, 0) is 19.1 Å². The molecule has 1 aromatic rings. The average Bonchev–Trinajstić information content (AvgIpc) is 2.49. The highest BCUT2D eigenvalue weighted by Crippen LogP contribution is 2.18. The summed E-state index contributed by atoms with van der Waals surface area (Å²) in [5.41, 5.74) is 1.74. The van der Waals surface area contributed by atoms with E-state index in [9.17, 15) is 9.59 Å². The van der Waals surface area contributed by atoms with Crippen molar-refractivity contribution in [1.29, 1.82) is 0 Å². The first-order valence-corrected chi connectivity index (χ1v) is 6.87. The van der Waals surface area contributed by atoms with Gasteiger partial charge in [0.25, 0.3) is 5.91 Å². The van der Waals surface area contributed by atoms with Gasteiger partial charge in [0, 0.05) is 12.2 Å². The summed E-state index contributed by atoms with van der Waals surface area (Å²) in [7, 11) is 0. The first-order chi connectivity index (χ1) is 10.1. The van der Waals surface area contributed by atoms with E-state index in [0.717, 1.165) is 5.56 Å². The van der Waals surface area contributed by atoms with E-state index in [-0.39, 0.29) is 25.5 Å². The molecule has 0 radical (unpaired) electrons. The molecule has 114 valence electrons. The molecular formula is C15H19NO5. The molecule has 1 N–H and O–H groups in total. The standard InChI is InChI=1S/C15H19NO5/c1-11-2-4-12(5-3-11)16(7-6-14(17)18)15(19)13-10-20-8-9-21-13/h2-5,13H,6-10H2,1H3,(H,17,18). The Morgan fingerprint density at radius 1 is 1.29 bits per heavy atom. The Hall–Kier alpha value is -1.92. The molecule has 1 amide bonds. The van der Waals surface area contributed by atoms with Gasteiger partial charge < -0.3 is 19.5 Å². The molecule has 0 aromatic heterocycles. The lowest BCUT2D eigenvalue weighted by Gasteiger charge is -2.29. The van der Waals surface area contributed by atoms with E-state index >= 15 is 0 Å². The number of rotatable bonds is 5. The third-order valence-corrected chi connectivity index (χ3v) is 3.25. The first-order valence-electron chi connectivity index (χ1n) is 6.87. The fourth-order valence-electron chi connectivity index (χ4n) is 2.10. The third-order valence-electron chi connectivity index (χ3n) is 3.25. The van der Waals surface area contributed by atoms with E-state index in [1.165, 1.54) is 4.90 Å². The zero-order valence-electron chi connectivity index (χ0n) is 11.9. The smallest absolute Gasteiger partial charge is 0.305 e. The number of carboxylic acid groups (broad SMARTS) is 1. The summed E-state index contributed by atoms with van der Waals surface area (Å²) in [6, 6.07) is 7.38.